The van der Waals surface area contributed by atoms with Crippen molar-refractivity contribution in [2.75, 3.05) is 18.2 Å². The number of hydrogen-bond acceptors (Lipinski definition) is 4. The molecule has 7 heteroatoms. The number of aliphatic carboxylic acids is 1. The van der Waals surface area contributed by atoms with Gasteiger partial charge >= 0.3 is 12.0 Å². The number of carboxylic acids is 1. The molecule has 6 nitrogen and oxygen atoms in total. The topological polar surface area (TPSA) is 87.7 Å². The highest BCUT2D eigenvalue weighted by atomic mass is 32.2. The summed E-state index contributed by atoms with van der Waals surface area (Å²) in [6, 6.07) is 6.57. The van der Waals surface area contributed by atoms with Gasteiger partial charge in [-0.15, -0.1) is 11.8 Å². The van der Waals surface area contributed by atoms with Crippen molar-refractivity contribution in [1.82, 2.24) is 5.48 Å². The summed E-state index contributed by atoms with van der Waals surface area (Å²) in [5.74, 6) is -1.16. The van der Waals surface area contributed by atoms with Gasteiger partial charge in [-0.1, -0.05) is 0 Å². The Morgan fingerprint density at radius 2 is 2.00 bits per heavy atom. The number of thioether (sulfide) groups is 1. The molecule has 1 rings (SSSR count). The molecule has 92 valence electrons. The number of rotatable bonds is 5. The Bertz CT molecular complexity index is 394. The van der Waals surface area contributed by atoms with Gasteiger partial charge in [0.1, 0.15) is 0 Å². The van der Waals surface area contributed by atoms with Crippen molar-refractivity contribution >= 4 is 29.4 Å². The fourth-order valence-corrected chi connectivity index (χ4v) is 1.40. The van der Waals surface area contributed by atoms with Crippen LogP contribution in [-0.4, -0.2) is 30.0 Å². The summed E-state index contributed by atoms with van der Waals surface area (Å²) < 4.78 is 0. The number of carboxylic acid groups (broad SMARTS) is 1. The average Bonchev–Trinajstić information content (AvgIpc) is 2.29. The molecule has 0 saturated heterocycles. The molecule has 0 radical (unpaired) electrons. The van der Waals surface area contributed by atoms with Gasteiger partial charge in [0.25, 0.3) is 0 Å². The number of urea groups is 1. The zero-order chi connectivity index (χ0) is 12.7. The molecule has 0 aliphatic rings. The molecule has 1 aromatic rings. The minimum Gasteiger partial charge on any atom is -0.479 e. The van der Waals surface area contributed by atoms with Crippen molar-refractivity contribution in [3.05, 3.63) is 24.3 Å². The fourth-order valence-electron chi connectivity index (χ4n) is 0.994. The van der Waals surface area contributed by atoms with Crippen molar-refractivity contribution in [1.29, 1.82) is 0 Å². The quantitative estimate of drug-likeness (QED) is 0.549. The molecular weight excluding hydrogens is 244 g/mol. The van der Waals surface area contributed by atoms with E-state index in [9.17, 15) is 9.59 Å². The van der Waals surface area contributed by atoms with Crippen LogP contribution >= 0.6 is 11.8 Å². The van der Waals surface area contributed by atoms with Gasteiger partial charge < -0.3 is 10.4 Å². The van der Waals surface area contributed by atoms with Gasteiger partial charge in [-0.2, -0.15) is 0 Å². The lowest BCUT2D eigenvalue weighted by atomic mass is 10.3. The second-order valence-electron chi connectivity index (χ2n) is 2.97. The summed E-state index contributed by atoms with van der Waals surface area (Å²) in [6.45, 7) is -0.584. The standard InChI is InChI=1S/C10H12N2O4S/c1-17-8-4-2-7(3-5-8)11-10(15)12-16-6-9(13)14/h2-5H,6H2,1H3,(H,13,14)(H2,11,12,15). The molecule has 0 atom stereocenters. The molecule has 17 heavy (non-hydrogen) atoms. The van der Waals surface area contributed by atoms with E-state index in [-0.39, 0.29) is 0 Å². The fraction of sp³-hybridized carbons (Fsp3) is 0.200. The first-order valence-electron chi connectivity index (χ1n) is 4.66. The van der Waals surface area contributed by atoms with Crippen LogP contribution in [0, 0.1) is 0 Å². The summed E-state index contributed by atoms with van der Waals surface area (Å²) in [5.41, 5.74) is 2.55. The first kappa shape index (κ1) is 13.3. The third-order valence-corrected chi connectivity index (χ3v) is 2.45. The summed E-state index contributed by atoms with van der Waals surface area (Å²) in [4.78, 5) is 26.8. The molecule has 2 amide bonds. The number of amides is 2. The van der Waals surface area contributed by atoms with Gasteiger partial charge in [0.05, 0.1) is 0 Å². The van der Waals surface area contributed by atoms with Crippen molar-refractivity contribution in [3.63, 3.8) is 0 Å². The number of carbonyl (C=O) groups is 2. The van der Waals surface area contributed by atoms with Crippen LogP contribution in [0.1, 0.15) is 0 Å². The van der Waals surface area contributed by atoms with E-state index in [1.807, 2.05) is 23.9 Å². The van der Waals surface area contributed by atoms with Gasteiger partial charge in [0, 0.05) is 10.6 Å². The van der Waals surface area contributed by atoms with Gasteiger partial charge in [0.2, 0.25) is 0 Å². The van der Waals surface area contributed by atoms with Crippen LogP contribution in [0.25, 0.3) is 0 Å². The number of anilines is 1. The maximum atomic E-state index is 11.2. The first-order valence-corrected chi connectivity index (χ1v) is 5.89. The molecule has 0 spiro atoms. The SMILES string of the molecule is CSc1ccc(NC(=O)NOCC(=O)O)cc1. The molecule has 0 unspecified atom stereocenters. The molecule has 1 aromatic carbocycles. The van der Waals surface area contributed by atoms with Crippen LogP contribution < -0.4 is 10.8 Å². The molecule has 0 aromatic heterocycles. The van der Waals surface area contributed by atoms with Crippen molar-refractivity contribution < 1.29 is 19.5 Å². The molecule has 0 fully saturated rings. The zero-order valence-electron chi connectivity index (χ0n) is 9.10. The Balaban J connectivity index is 2.37. The third-order valence-electron chi connectivity index (χ3n) is 1.71. The zero-order valence-corrected chi connectivity index (χ0v) is 9.91. The lowest BCUT2D eigenvalue weighted by molar-refractivity contribution is -0.143. The maximum Gasteiger partial charge on any atom is 0.343 e. The number of hydrogen-bond donors (Lipinski definition) is 3. The second kappa shape index (κ2) is 6.77. The van der Waals surface area contributed by atoms with E-state index in [1.54, 1.807) is 23.9 Å². The van der Waals surface area contributed by atoms with Crippen LogP contribution in [-0.2, 0) is 9.63 Å². The van der Waals surface area contributed by atoms with E-state index in [2.05, 4.69) is 10.2 Å². The summed E-state index contributed by atoms with van der Waals surface area (Å²) in [7, 11) is 0. The van der Waals surface area contributed by atoms with Crippen LogP contribution in [0.4, 0.5) is 10.5 Å². The number of hydroxylamine groups is 1. The van der Waals surface area contributed by atoms with E-state index < -0.39 is 18.6 Å². The van der Waals surface area contributed by atoms with E-state index >= 15 is 0 Å². The predicted molar refractivity (Wildman–Crippen MR) is 64.0 cm³/mol. The van der Waals surface area contributed by atoms with E-state index in [0.29, 0.717) is 5.69 Å². The van der Waals surface area contributed by atoms with Crippen molar-refractivity contribution in [2.45, 2.75) is 4.90 Å². The predicted octanol–water partition coefficient (Wildman–Crippen LogP) is 1.55. The number of nitrogens with one attached hydrogen (secondary N) is 2. The number of carbonyl (C=O) groups excluding carboxylic acids is 1. The average molecular weight is 256 g/mol. The minimum absolute atomic E-state index is 0.584. The Labute approximate surface area is 102 Å². The third kappa shape index (κ3) is 5.23. The maximum absolute atomic E-state index is 11.2. The Kier molecular flexibility index (Phi) is 5.31. The minimum atomic E-state index is -1.16. The Morgan fingerprint density at radius 3 is 2.53 bits per heavy atom. The molecule has 0 aliphatic heterocycles. The van der Waals surface area contributed by atoms with E-state index in [4.69, 9.17) is 5.11 Å². The summed E-state index contributed by atoms with van der Waals surface area (Å²) in [6.07, 6.45) is 1.95. The molecule has 0 heterocycles. The molecule has 0 saturated carbocycles. The van der Waals surface area contributed by atoms with Gasteiger partial charge in [-0.05, 0) is 30.5 Å². The summed E-state index contributed by atoms with van der Waals surface area (Å²) in [5, 5.41) is 10.8. The molecule has 0 bridgehead atoms. The highest BCUT2D eigenvalue weighted by molar-refractivity contribution is 7.98. The highest BCUT2D eigenvalue weighted by Gasteiger charge is 2.03. The van der Waals surface area contributed by atoms with Gasteiger partial charge in [-0.3, -0.25) is 4.84 Å². The van der Waals surface area contributed by atoms with Gasteiger partial charge in [-0.25, -0.2) is 15.1 Å². The Hall–Kier alpha value is -1.73. The Morgan fingerprint density at radius 1 is 1.35 bits per heavy atom. The lowest BCUT2D eigenvalue weighted by Crippen LogP contribution is -2.30. The van der Waals surface area contributed by atoms with Crippen LogP contribution in [0.5, 0.6) is 0 Å². The normalized spacial score (nSPS) is 9.71. The monoisotopic (exact) mass is 256 g/mol. The van der Waals surface area contributed by atoms with E-state index in [0.717, 1.165) is 4.90 Å². The smallest absolute Gasteiger partial charge is 0.343 e. The highest BCUT2D eigenvalue weighted by Crippen LogP contribution is 2.17. The second-order valence-corrected chi connectivity index (χ2v) is 3.85. The molecule has 0 aliphatic carbocycles. The summed E-state index contributed by atoms with van der Waals surface area (Å²) >= 11 is 1.60. The first-order chi connectivity index (χ1) is 8.11. The molecular formula is C10H12N2O4S. The van der Waals surface area contributed by atoms with E-state index in [1.165, 1.54) is 0 Å². The van der Waals surface area contributed by atoms with Crippen molar-refractivity contribution in [3.8, 4) is 0 Å². The lowest BCUT2D eigenvalue weighted by Gasteiger charge is -2.06. The largest absolute Gasteiger partial charge is 0.479 e. The molecule has 3 N–H and O–H groups in total. The van der Waals surface area contributed by atoms with Crippen LogP contribution in [0.3, 0.4) is 0 Å². The van der Waals surface area contributed by atoms with Crippen LogP contribution in [0.2, 0.25) is 0 Å². The number of benzene rings is 1. The van der Waals surface area contributed by atoms with Crippen LogP contribution in [0.15, 0.2) is 29.2 Å². The van der Waals surface area contributed by atoms with Crippen molar-refractivity contribution in [2.24, 2.45) is 0 Å². The van der Waals surface area contributed by atoms with Gasteiger partial charge in [0.15, 0.2) is 6.61 Å².